The minimum Gasteiger partial charge on any atom is -0.493 e. The maximum atomic E-state index is 13.4. The zero-order chi connectivity index (χ0) is 23.8. The zero-order valence-corrected chi connectivity index (χ0v) is 19.3. The van der Waals surface area contributed by atoms with Gasteiger partial charge in [0.2, 0.25) is 0 Å². The van der Waals surface area contributed by atoms with Crippen molar-refractivity contribution in [3.05, 3.63) is 53.0 Å². The summed E-state index contributed by atoms with van der Waals surface area (Å²) in [6.45, 7) is 3.69. The van der Waals surface area contributed by atoms with E-state index in [4.69, 9.17) is 15.2 Å². The van der Waals surface area contributed by atoms with E-state index in [2.05, 4.69) is 15.3 Å². The van der Waals surface area contributed by atoms with E-state index in [9.17, 15) is 9.59 Å². The van der Waals surface area contributed by atoms with Gasteiger partial charge in [-0.3, -0.25) is 14.6 Å². The number of nitrogens with zero attached hydrogens (tertiary/aromatic N) is 3. The molecule has 3 N–H and O–H groups in total. The minimum absolute atomic E-state index is 0.0960. The van der Waals surface area contributed by atoms with E-state index in [1.54, 1.807) is 18.0 Å². The Morgan fingerprint density at radius 2 is 2.00 bits per heavy atom. The number of hydrogen-bond acceptors (Lipinski definition) is 7. The molecule has 176 valence electrons. The quantitative estimate of drug-likeness (QED) is 0.599. The second-order valence-electron chi connectivity index (χ2n) is 8.67. The van der Waals surface area contributed by atoms with E-state index in [0.29, 0.717) is 47.8 Å². The summed E-state index contributed by atoms with van der Waals surface area (Å²) in [6.07, 6.45) is 3.79. The number of carbonyl (C=O) groups excluding carboxylic acids is 2. The summed E-state index contributed by atoms with van der Waals surface area (Å²) in [5, 5.41) is 4.01. The van der Waals surface area contributed by atoms with Crippen molar-refractivity contribution in [2.45, 2.75) is 32.2 Å². The topological polar surface area (TPSA) is 120 Å². The molecule has 2 aromatic heterocycles. The number of fused-ring (bicyclic) bond motifs is 2. The highest BCUT2D eigenvalue weighted by Gasteiger charge is 2.26. The van der Waals surface area contributed by atoms with Gasteiger partial charge in [-0.15, -0.1) is 0 Å². The number of hydrogen-bond donors (Lipinski definition) is 2. The monoisotopic (exact) mass is 461 g/mol. The van der Waals surface area contributed by atoms with Crippen molar-refractivity contribution in [1.82, 2.24) is 14.9 Å². The molecule has 1 aromatic carbocycles. The van der Waals surface area contributed by atoms with Gasteiger partial charge in [0, 0.05) is 55.6 Å². The molecule has 0 radical (unpaired) electrons. The van der Waals surface area contributed by atoms with E-state index in [1.807, 2.05) is 25.1 Å². The van der Waals surface area contributed by atoms with Crippen LogP contribution in [0.4, 0.5) is 11.4 Å². The zero-order valence-electron chi connectivity index (χ0n) is 19.3. The van der Waals surface area contributed by atoms with Crippen LogP contribution in [-0.4, -0.2) is 59.6 Å². The first-order valence-electron chi connectivity index (χ1n) is 11.4. The van der Waals surface area contributed by atoms with Crippen LogP contribution in [0.1, 0.15) is 44.9 Å². The number of carbonyl (C=O) groups is 2. The Hall–Kier alpha value is -3.72. The molecule has 4 heterocycles. The fourth-order valence-corrected chi connectivity index (χ4v) is 4.68. The van der Waals surface area contributed by atoms with Gasteiger partial charge in [0.1, 0.15) is 11.4 Å². The van der Waals surface area contributed by atoms with Crippen LogP contribution in [0.5, 0.6) is 5.75 Å². The van der Waals surface area contributed by atoms with Gasteiger partial charge in [-0.2, -0.15) is 0 Å². The molecule has 0 spiro atoms. The summed E-state index contributed by atoms with van der Waals surface area (Å²) < 4.78 is 11.1. The molecule has 1 saturated heterocycles. The van der Waals surface area contributed by atoms with Crippen molar-refractivity contribution in [2.75, 3.05) is 32.2 Å². The fourth-order valence-electron chi connectivity index (χ4n) is 4.68. The maximum Gasteiger partial charge on any atom is 0.272 e. The molecule has 9 nitrogen and oxygen atoms in total. The number of rotatable bonds is 5. The second-order valence-corrected chi connectivity index (χ2v) is 8.67. The highest BCUT2D eigenvalue weighted by molar-refractivity contribution is 6.09. The molecule has 1 fully saturated rings. The van der Waals surface area contributed by atoms with Crippen LogP contribution in [0.25, 0.3) is 10.9 Å². The molecular formula is C25H27N5O4. The van der Waals surface area contributed by atoms with E-state index >= 15 is 0 Å². The number of nitrogens with two attached hydrogens (primary N) is 1. The first-order chi connectivity index (χ1) is 16.4. The number of aromatic nitrogens is 2. The predicted molar refractivity (Wildman–Crippen MR) is 128 cm³/mol. The Balaban J connectivity index is 1.61. The molecular weight excluding hydrogens is 434 g/mol. The third-order valence-corrected chi connectivity index (χ3v) is 6.57. The Labute approximate surface area is 197 Å². The van der Waals surface area contributed by atoms with Gasteiger partial charge in [-0.1, -0.05) is 6.07 Å². The van der Waals surface area contributed by atoms with E-state index in [-0.39, 0.29) is 17.5 Å². The van der Waals surface area contributed by atoms with Gasteiger partial charge >= 0.3 is 0 Å². The SMILES string of the molecule is Cc1nc(C(=O)N(C)C2CCOCC2)cc2c(Nc3cccc4c3CCO4)c(C(N)=O)cnc12. The van der Waals surface area contributed by atoms with Crippen molar-refractivity contribution in [3.63, 3.8) is 0 Å². The molecule has 0 aliphatic carbocycles. The molecule has 2 aliphatic heterocycles. The molecule has 0 saturated carbocycles. The minimum atomic E-state index is -0.609. The Morgan fingerprint density at radius 3 is 2.76 bits per heavy atom. The summed E-state index contributed by atoms with van der Waals surface area (Å²) in [4.78, 5) is 36.4. The number of aryl methyl sites for hydroxylation is 1. The summed E-state index contributed by atoms with van der Waals surface area (Å²) in [7, 11) is 1.80. The number of anilines is 2. The normalized spacial score (nSPS) is 15.6. The molecule has 0 unspecified atom stereocenters. The van der Waals surface area contributed by atoms with Gasteiger partial charge < -0.3 is 25.4 Å². The third-order valence-electron chi connectivity index (χ3n) is 6.57. The number of ether oxygens (including phenoxy) is 2. The third kappa shape index (κ3) is 3.92. The number of benzene rings is 1. The van der Waals surface area contributed by atoms with Gasteiger partial charge in [-0.05, 0) is 38.0 Å². The van der Waals surface area contributed by atoms with Crippen molar-refractivity contribution in [1.29, 1.82) is 0 Å². The molecule has 2 aliphatic rings. The lowest BCUT2D eigenvalue weighted by atomic mass is 10.0. The Bertz CT molecular complexity index is 1290. The van der Waals surface area contributed by atoms with Crippen LogP contribution < -0.4 is 15.8 Å². The van der Waals surface area contributed by atoms with Crippen LogP contribution in [-0.2, 0) is 11.2 Å². The Kier molecular flexibility index (Phi) is 5.79. The first-order valence-corrected chi connectivity index (χ1v) is 11.4. The number of amides is 2. The van der Waals surface area contributed by atoms with Crippen molar-refractivity contribution < 1.29 is 19.1 Å². The van der Waals surface area contributed by atoms with Crippen LogP contribution in [0.2, 0.25) is 0 Å². The molecule has 3 aromatic rings. The van der Waals surface area contributed by atoms with Crippen molar-refractivity contribution >= 4 is 34.1 Å². The van der Waals surface area contributed by atoms with Crippen molar-refractivity contribution in [2.24, 2.45) is 5.73 Å². The van der Waals surface area contributed by atoms with Crippen LogP contribution >= 0.6 is 0 Å². The smallest absolute Gasteiger partial charge is 0.272 e. The van der Waals surface area contributed by atoms with E-state index < -0.39 is 5.91 Å². The number of pyridine rings is 2. The predicted octanol–water partition coefficient (Wildman–Crippen LogP) is 2.97. The number of nitrogens with one attached hydrogen (secondary N) is 1. The standard InChI is InChI=1S/C25H27N5O4/c1-14-22-17(12-20(28-14)25(32)30(2)15-6-9-33-10-7-15)23(18(13-27-22)24(26)31)29-19-4-3-5-21-16(19)8-11-34-21/h3-5,12-13,15H,6-11H2,1-2H3,(H2,26,31)(H,27,29). The summed E-state index contributed by atoms with van der Waals surface area (Å²) >= 11 is 0. The van der Waals surface area contributed by atoms with Gasteiger partial charge in [0.05, 0.1) is 29.1 Å². The average Bonchev–Trinajstić information content (AvgIpc) is 3.33. The van der Waals surface area contributed by atoms with Gasteiger partial charge in [0.25, 0.3) is 11.8 Å². The summed E-state index contributed by atoms with van der Waals surface area (Å²) in [6, 6.07) is 7.54. The van der Waals surface area contributed by atoms with Gasteiger partial charge in [-0.25, -0.2) is 4.98 Å². The maximum absolute atomic E-state index is 13.4. The molecule has 2 amide bonds. The van der Waals surface area contributed by atoms with Crippen LogP contribution in [0, 0.1) is 6.92 Å². The lowest BCUT2D eigenvalue weighted by Gasteiger charge is -2.31. The Morgan fingerprint density at radius 1 is 1.21 bits per heavy atom. The molecule has 34 heavy (non-hydrogen) atoms. The molecule has 5 rings (SSSR count). The highest BCUT2D eigenvalue weighted by atomic mass is 16.5. The highest BCUT2D eigenvalue weighted by Crippen LogP contribution is 2.36. The average molecular weight is 462 g/mol. The largest absolute Gasteiger partial charge is 0.493 e. The van der Waals surface area contributed by atoms with Crippen LogP contribution in [0.3, 0.4) is 0 Å². The van der Waals surface area contributed by atoms with E-state index in [1.165, 1.54) is 6.20 Å². The van der Waals surface area contributed by atoms with Crippen molar-refractivity contribution in [3.8, 4) is 5.75 Å². The molecule has 0 bridgehead atoms. The summed E-state index contributed by atoms with van der Waals surface area (Å²) in [5.74, 6) is 0.0273. The number of primary amides is 1. The second kappa shape index (κ2) is 8.90. The van der Waals surface area contributed by atoms with Crippen LogP contribution in [0.15, 0.2) is 30.5 Å². The first kappa shape index (κ1) is 22.1. The lowest BCUT2D eigenvalue weighted by molar-refractivity contribution is 0.0359. The fraction of sp³-hybridized carbons (Fsp3) is 0.360. The summed E-state index contributed by atoms with van der Waals surface area (Å²) in [5.41, 5.74) is 9.81. The van der Waals surface area contributed by atoms with Gasteiger partial charge in [0.15, 0.2) is 0 Å². The lowest BCUT2D eigenvalue weighted by Crippen LogP contribution is -2.41. The molecule has 0 atom stereocenters. The molecule has 9 heteroatoms. The van der Waals surface area contributed by atoms with E-state index in [0.717, 1.165) is 36.3 Å².